The van der Waals surface area contributed by atoms with Crippen molar-refractivity contribution >= 4 is 27.9 Å². The van der Waals surface area contributed by atoms with Crippen LogP contribution in [0.25, 0.3) is 0 Å². The number of piperazine rings is 1. The minimum Gasteiger partial charge on any atom is -0.340 e. The Morgan fingerprint density at radius 3 is 2.26 bits per heavy atom. The number of thioether (sulfide) groups is 1. The zero-order valence-corrected chi connectivity index (χ0v) is 12.6. The van der Waals surface area contributed by atoms with E-state index in [0.717, 1.165) is 24.3 Å². The van der Waals surface area contributed by atoms with Crippen molar-refractivity contribution in [2.75, 3.05) is 37.7 Å². The van der Waals surface area contributed by atoms with Gasteiger partial charge in [0.15, 0.2) is 0 Å². The molecule has 0 aromatic rings. The molecule has 0 unspecified atom stereocenters. The molecule has 0 bridgehead atoms. The van der Waals surface area contributed by atoms with Crippen LogP contribution in [0.3, 0.4) is 0 Å². The number of carbonyl (C=O) groups is 1. The van der Waals surface area contributed by atoms with Crippen molar-refractivity contribution in [2.45, 2.75) is 19.3 Å². The van der Waals surface area contributed by atoms with E-state index in [0.29, 0.717) is 38.5 Å². The molecule has 6 nitrogen and oxygen atoms in total. The molecule has 2 aliphatic rings. The van der Waals surface area contributed by atoms with Gasteiger partial charge in [-0.25, -0.2) is 5.14 Å². The molecule has 2 fully saturated rings. The lowest BCUT2D eigenvalue weighted by Crippen LogP contribution is -2.52. The van der Waals surface area contributed by atoms with Crippen molar-refractivity contribution in [3.8, 4) is 0 Å². The van der Waals surface area contributed by atoms with Crippen molar-refractivity contribution in [3.05, 3.63) is 0 Å². The predicted molar refractivity (Wildman–Crippen MR) is 75.9 cm³/mol. The lowest BCUT2D eigenvalue weighted by atomic mass is 9.98. The molecule has 1 amide bonds. The van der Waals surface area contributed by atoms with E-state index in [9.17, 15) is 13.2 Å². The number of nitrogens with zero attached hydrogens (tertiary/aromatic N) is 2. The summed E-state index contributed by atoms with van der Waals surface area (Å²) in [4.78, 5) is 13.9. The van der Waals surface area contributed by atoms with Crippen LogP contribution >= 0.6 is 11.8 Å². The van der Waals surface area contributed by atoms with Crippen molar-refractivity contribution < 1.29 is 13.2 Å². The van der Waals surface area contributed by atoms with E-state index >= 15 is 0 Å². The maximum Gasteiger partial charge on any atom is 0.277 e. The summed E-state index contributed by atoms with van der Waals surface area (Å²) in [5, 5.41) is 5.07. The van der Waals surface area contributed by atoms with E-state index < -0.39 is 10.2 Å². The molecule has 0 spiro atoms. The Bertz CT molecular complexity index is 413. The molecule has 19 heavy (non-hydrogen) atoms. The molecular formula is C11H21N3O3S2. The zero-order valence-electron chi connectivity index (χ0n) is 11.0. The third kappa shape index (κ3) is 4.34. The maximum atomic E-state index is 12.1. The summed E-state index contributed by atoms with van der Waals surface area (Å²) in [6.45, 7) is 1.53. The Morgan fingerprint density at radius 1 is 1.16 bits per heavy atom. The number of nitrogens with two attached hydrogens (primary N) is 1. The summed E-state index contributed by atoms with van der Waals surface area (Å²) in [7, 11) is -3.61. The van der Waals surface area contributed by atoms with E-state index in [1.807, 2.05) is 11.8 Å². The predicted octanol–water partition coefficient (Wildman–Crippen LogP) is -0.133. The van der Waals surface area contributed by atoms with Gasteiger partial charge in [-0.1, -0.05) is 0 Å². The average Bonchev–Trinajstić information content (AvgIpc) is 2.39. The third-order valence-electron chi connectivity index (χ3n) is 3.76. The molecule has 0 aromatic heterocycles. The van der Waals surface area contributed by atoms with Gasteiger partial charge in [0.05, 0.1) is 0 Å². The first kappa shape index (κ1) is 15.1. The molecule has 110 valence electrons. The fourth-order valence-corrected chi connectivity index (χ4v) is 4.39. The van der Waals surface area contributed by atoms with Crippen LogP contribution in [-0.4, -0.2) is 61.2 Å². The highest BCUT2D eigenvalue weighted by molar-refractivity contribution is 7.99. The molecule has 0 atom stereocenters. The van der Waals surface area contributed by atoms with E-state index in [-0.39, 0.29) is 5.91 Å². The highest BCUT2D eigenvalue weighted by Gasteiger charge is 2.27. The van der Waals surface area contributed by atoms with Gasteiger partial charge < -0.3 is 4.90 Å². The van der Waals surface area contributed by atoms with Gasteiger partial charge in [-0.3, -0.25) is 4.79 Å². The number of rotatable bonds is 3. The van der Waals surface area contributed by atoms with Gasteiger partial charge in [0, 0.05) is 32.6 Å². The third-order valence-corrected chi connectivity index (χ3v) is 5.89. The molecule has 2 heterocycles. The van der Waals surface area contributed by atoms with Gasteiger partial charge in [0.2, 0.25) is 5.91 Å². The van der Waals surface area contributed by atoms with E-state index in [1.165, 1.54) is 4.31 Å². The topological polar surface area (TPSA) is 83.7 Å². The molecule has 2 rings (SSSR count). The standard InChI is InChI=1S/C11H21N3O3S2/c12-19(16,17)14-5-3-13(4-6-14)11(15)9-10-1-7-18-8-2-10/h10H,1-9H2,(H2,12,16,17). The van der Waals surface area contributed by atoms with Gasteiger partial charge in [-0.05, 0) is 30.3 Å². The Kier molecular flexibility index (Phi) is 5.10. The maximum absolute atomic E-state index is 12.1. The Hall–Kier alpha value is -0.310. The lowest BCUT2D eigenvalue weighted by molar-refractivity contribution is -0.133. The van der Waals surface area contributed by atoms with Gasteiger partial charge in [-0.2, -0.15) is 24.5 Å². The second-order valence-electron chi connectivity index (χ2n) is 5.08. The fraction of sp³-hybridized carbons (Fsp3) is 0.909. The second kappa shape index (κ2) is 6.43. The quantitative estimate of drug-likeness (QED) is 0.787. The first-order chi connectivity index (χ1) is 8.97. The van der Waals surface area contributed by atoms with Crippen molar-refractivity contribution in [3.63, 3.8) is 0 Å². The Balaban J connectivity index is 1.79. The van der Waals surface area contributed by atoms with Gasteiger partial charge >= 0.3 is 0 Å². The molecule has 2 aliphatic heterocycles. The van der Waals surface area contributed by atoms with Crippen molar-refractivity contribution in [1.82, 2.24) is 9.21 Å². The molecule has 8 heteroatoms. The van der Waals surface area contributed by atoms with Crippen LogP contribution < -0.4 is 5.14 Å². The van der Waals surface area contributed by atoms with Crippen LogP contribution in [0.1, 0.15) is 19.3 Å². The summed E-state index contributed by atoms with van der Waals surface area (Å²) in [6, 6.07) is 0. The second-order valence-corrected chi connectivity index (χ2v) is 7.86. The molecule has 0 radical (unpaired) electrons. The molecule has 2 N–H and O–H groups in total. The van der Waals surface area contributed by atoms with Gasteiger partial charge in [-0.15, -0.1) is 0 Å². The highest BCUT2D eigenvalue weighted by Crippen LogP contribution is 2.26. The van der Waals surface area contributed by atoms with E-state index in [2.05, 4.69) is 0 Å². The first-order valence-corrected chi connectivity index (χ1v) is 9.26. The Morgan fingerprint density at radius 2 is 1.74 bits per heavy atom. The van der Waals surface area contributed by atoms with Gasteiger partial charge in [0.25, 0.3) is 10.2 Å². The van der Waals surface area contributed by atoms with Gasteiger partial charge in [0.1, 0.15) is 0 Å². The smallest absolute Gasteiger partial charge is 0.277 e. The van der Waals surface area contributed by atoms with E-state index in [4.69, 9.17) is 5.14 Å². The minimum absolute atomic E-state index is 0.158. The highest BCUT2D eigenvalue weighted by atomic mass is 32.2. The summed E-state index contributed by atoms with van der Waals surface area (Å²) in [6.07, 6.45) is 2.84. The van der Waals surface area contributed by atoms with Crippen molar-refractivity contribution in [1.29, 1.82) is 0 Å². The van der Waals surface area contributed by atoms with E-state index in [1.54, 1.807) is 4.90 Å². The normalized spacial score (nSPS) is 23.5. The summed E-state index contributed by atoms with van der Waals surface area (Å²) in [5.74, 6) is 2.96. The molecule has 2 saturated heterocycles. The number of hydrogen-bond acceptors (Lipinski definition) is 4. The van der Waals surface area contributed by atoms with Crippen LogP contribution in [0.4, 0.5) is 0 Å². The van der Waals surface area contributed by atoms with Crippen molar-refractivity contribution in [2.24, 2.45) is 11.1 Å². The summed E-state index contributed by atoms with van der Waals surface area (Å²) in [5.41, 5.74) is 0. The molecule has 0 aromatic carbocycles. The van der Waals surface area contributed by atoms with Crippen LogP contribution in [-0.2, 0) is 15.0 Å². The van der Waals surface area contributed by atoms with Crippen LogP contribution in [0, 0.1) is 5.92 Å². The summed E-state index contributed by atoms with van der Waals surface area (Å²) >= 11 is 1.95. The van der Waals surface area contributed by atoms with Crippen LogP contribution in [0.15, 0.2) is 0 Å². The first-order valence-electron chi connectivity index (χ1n) is 6.60. The number of hydrogen-bond donors (Lipinski definition) is 1. The number of carbonyl (C=O) groups excluding carboxylic acids is 1. The molecular weight excluding hydrogens is 286 g/mol. The zero-order chi connectivity index (χ0) is 13.9. The largest absolute Gasteiger partial charge is 0.340 e. The van der Waals surface area contributed by atoms with Crippen LogP contribution in [0.5, 0.6) is 0 Å². The number of amides is 1. The summed E-state index contributed by atoms with van der Waals surface area (Å²) < 4.78 is 23.6. The monoisotopic (exact) mass is 307 g/mol. The fourth-order valence-electron chi connectivity index (χ4n) is 2.52. The SMILES string of the molecule is NS(=O)(=O)N1CCN(C(=O)CC2CCSCC2)CC1. The molecule has 0 saturated carbocycles. The average molecular weight is 307 g/mol. The lowest BCUT2D eigenvalue weighted by Gasteiger charge is -2.34. The molecule has 0 aliphatic carbocycles. The Labute approximate surface area is 118 Å². The van der Waals surface area contributed by atoms with Crippen LogP contribution in [0.2, 0.25) is 0 Å². The minimum atomic E-state index is -3.61.